The minimum Gasteiger partial charge on any atom is -0.381 e. The van der Waals surface area contributed by atoms with Crippen LogP contribution >= 0.6 is 15.9 Å². The van der Waals surface area contributed by atoms with Crippen LogP contribution in [-0.2, 0) is 9.47 Å². The van der Waals surface area contributed by atoms with Crippen LogP contribution in [0.4, 0.5) is 0 Å². The molecule has 66 valence electrons. The summed E-state index contributed by atoms with van der Waals surface area (Å²) >= 11 is 3.32. The van der Waals surface area contributed by atoms with Crippen LogP contribution in [0.5, 0.6) is 0 Å². The summed E-state index contributed by atoms with van der Waals surface area (Å²) in [5.41, 5.74) is 0. The van der Waals surface area contributed by atoms with Gasteiger partial charge < -0.3 is 9.47 Å². The van der Waals surface area contributed by atoms with E-state index in [1.54, 1.807) is 0 Å². The molecule has 0 spiro atoms. The van der Waals surface area contributed by atoms with Crippen molar-refractivity contribution in [2.45, 2.75) is 12.8 Å². The van der Waals surface area contributed by atoms with Crippen molar-refractivity contribution in [3.63, 3.8) is 0 Å². The third kappa shape index (κ3) is 4.09. The van der Waals surface area contributed by atoms with Gasteiger partial charge in [0.1, 0.15) is 0 Å². The van der Waals surface area contributed by atoms with Gasteiger partial charge in [-0.25, -0.2) is 0 Å². The fraction of sp³-hybridized carbons (Fsp3) is 1.00. The Morgan fingerprint density at radius 1 is 1.36 bits per heavy atom. The van der Waals surface area contributed by atoms with Crippen molar-refractivity contribution in [1.82, 2.24) is 0 Å². The van der Waals surface area contributed by atoms with E-state index in [0.717, 1.165) is 37.7 Å². The highest BCUT2D eigenvalue weighted by Gasteiger charge is 2.12. The van der Waals surface area contributed by atoms with Crippen LogP contribution in [0.2, 0.25) is 0 Å². The lowest BCUT2D eigenvalue weighted by Crippen LogP contribution is -2.20. The molecule has 1 heterocycles. The first-order valence-electron chi connectivity index (χ1n) is 4.15. The molecule has 0 bridgehead atoms. The standard InChI is InChI=1S/C8H15BrO2/c9-3-6-11-7-8-1-4-10-5-2-8/h8H,1-7H2. The molecule has 0 aliphatic carbocycles. The van der Waals surface area contributed by atoms with Gasteiger partial charge in [-0.2, -0.15) is 0 Å². The van der Waals surface area contributed by atoms with Crippen molar-refractivity contribution >= 4 is 15.9 Å². The quantitative estimate of drug-likeness (QED) is 0.534. The van der Waals surface area contributed by atoms with Gasteiger partial charge in [0.2, 0.25) is 0 Å². The molecule has 1 fully saturated rings. The Balaban J connectivity index is 1.96. The maximum Gasteiger partial charge on any atom is 0.0563 e. The lowest BCUT2D eigenvalue weighted by atomic mass is 10.0. The predicted molar refractivity (Wildman–Crippen MR) is 48.2 cm³/mol. The zero-order chi connectivity index (χ0) is 7.94. The van der Waals surface area contributed by atoms with Gasteiger partial charge in [0.25, 0.3) is 0 Å². The molecular weight excluding hydrogens is 208 g/mol. The minimum atomic E-state index is 0.739. The summed E-state index contributed by atoms with van der Waals surface area (Å²) in [6, 6.07) is 0. The number of alkyl halides is 1. The van der Waals surface area contributed by atoms with Crippen LogP contribution in [0.3, 0.4) is 0 Å². The van der Waals surface area contributed by atoms with Crippen LogP contribution in [-0.4, -0.2) is 31.8 Å². The molecule has 2 nitrogen and oxygen atoms in total. The van der Waals surface area contributed by atoms with Crippen LogP contribution in [0.25, 0.3) is 0 Å². The first-order valence-corrected chi connectivity index (χ1v) is 5.27. The van der Waals surface area contributed by atoms with Gasteiger partial charge in [0, 0.05) is 25.2 Å². The first-order chi connectivity index (χ1) is 5.43. The largest absolute Gasteiger partial charge is 0.381 e. The molecule has 0 N–H and O–H groups in total. The minimum absolute atomic E-state index is 0.739. The monoisotopic (exact) mass is 222 g/mol. The average molecular weight is 223 g/mol. The SMILES string of the molecule is BrCCOCC1CCOCC1. The molecule has 0 atom stereocenters. The average Bonchev–Trinajstić information content (AvgIpc) is 2.07. The van der Waals surface area contributed by atoms with E-state index in [0.29, 0.717) is 0 Å². The van der Waals surface area contributed by atoms with Crippen molar-refractivity contribution in [2.24, 2.45) is 5.92 Å². The summed E-state index contributed by atoms with van der Waals surface area (Å²) in [6.45, 7) is 3.58. The van der Waals surface area contributed by atoms with Gasteiger partial charge in [-0.3, -0.25) is 0 Å². The van der Waals surface area contributed by atoms with Gasteiger partial charge in [-0.1, -0.05) is 15.9 Å². The normalized spacial score (nSPS) is 20.5. The molecule has 3 heteroatoms. The Hall–Kier alpha value is 0.400. The summed E-state index contributed by atoms with van der Waals surface area (Å²) in [4.78, 5) is 0. The third-order valence-electron chi connectivity index (χ3n) is 1.92. The van der Waals surface area contributed by atoms with Gasteiger partial charge in [0.05, 0.1) is 6.61 Å². The molecule has 1 rings (SSSR count). The molecule has 0 aromatic heterocycles. The number of hydrogen-bond acceptors (Lipinski definition) is 2. The topological polar surface area (TPSA) is 18.5 Å². The van der Waals surface area contributed by atoms with Crippen molar-refractivity contribution < 1.29 is 9.47 Å². The van der Waals surface area contributed by atoms with E-state index in [9.17, 15) is 0 Å². The van der Waals surface area contributed by atoms with Crippen molar-refractivity contribution in [3.8, 4) is 0 Å². The molecule has 1 aliphatic heterocycles. The molecule has 0 aromatic rings. The molecule has 0 radical (unpaired) electrons. The van der Waals surface area contributed by atoms with Crippen LogP contribution in [0.1, 0.15) is 12.8 Å². The fourth-order valence-electron chi connectivity index (χ4n) is 1.22. The molecule has 11 heavy (non-hydrogen) atoms. The number of hydrogen-bond donors (Lipinski definition) is 0. The Morgan fingerprint density at radius 3 is 2.73 bits per heavy atom. The van der Waals surface area contributed by atoms with Crippen LogP contribution in [0.15, 0.2) is 0 Å². The Morgan fingerprint density at radius 2 is 2.09 bits per heavy atom. The molecule has 0 amide bonds. The van der Waals surface area contributed by atoms with Gasteiger partial charge in [0.15, 0.2) is 0 Å². The Labute approximate surface area is 76.4 Å². The number of rotatable bonds is 4. The smallest absolute Gasteiger partial charge is 0.0563 e. The van der Waals surface area contributed by atoms with Gasteiger partial charge >= 0.3 is 0 Å². The zero-order valence-electron chi connectivity index (χ0n) is 6.72. The second kappa shape index (κ2) is 5.98. The molecular formula is C8H15BrO2. The Bertz CT molecular complexity index is 92.1. The lowest BCUT2D eigenvalue weighted by molar-refractivity contribution is 0.0246. The molecule has 1 aliphatic rings. The van der Waals surface area contributed by atoms with Crippen molar-refractivity contribution in [3.05, 3.63) is 0 Å². The van der Waals surface area contributed by atoms with E-state index >= 15 is 0 Å². The lowest BCUT2D eigenvalue weighted by Gasteiger charge is -2.21. The summed E-state index contributed by atoms with van der Waals surface area (Å²) in [6.07, 6.45) is 2.34. The highest BCUT2D eigenvalue weighted by atomic mass is 79.9. The summed E-state index contributed by atoms with van der Waals surface area (Å²) < 4.78 is 10.7. The number of halogens is 1. The van der Waals surface area contributed by atoms with E-state index in [1.165, 1.54) is 12.8 Å². The van der Waals surface area contributed by atoms with Gasteiger partial charge in [-0.05, 0) is 18.8 Å². The van der Waals surface area contributed by atoms with E-state index < -0.39 is 0 Å². The maximum absolute atomic E-state index is 5.42. The number of ether oxygens (including phenoxy) is 2. The van der Waals surface area contributed by atoms with E-state index in [2.05, 4.69) is 15.9 Å². The maximum atomic E-state index is 5.42. The van der Waals surface area contributed by atoms with E-state index in [1.807, 2.05) is 0 Å². The van der Waals surface area contributed by atoms with Crippen LogP contribution < -0.4 is 0 Å². The fourth-order valence-corrected chi connectivity index (χ4v) is 1.45. The molecule has 1 saturated heterocycles. The summed E-state index contributed by atoms with van der Waals surface area (Å²) in [7, 11) is 0. The summed E-state index contributed by atoms with van der Waals surface area (Å²) in [5.74, 6) is 0.739. The highest BCUT2D eigenvalue weighted by molar-refractivity contribution is 9.09. The second-order valence-electron chi connectivity index (χ2n) is 2.82. The predicted octanol–water partition coefficient (Wildman–Crippen LogP) is 1.82. The van der Waals surface area contributed by atoms with Crippen molar-refractivity contribution in [1.29, 1.82) is 0 Å². The van der Waals surface area contributed by atoms with E-state index in [-0.39, 0.29) is 0 Å². The Kier molecular flexibility index (Phi) is 5.15. The highest BCUT2D eigenvalue weighted by Crippen LogP contribution is 2.14. The zero-order valence-corrected chi connectivity index (χ0v) is 8.31. The first kappa shape index (κ1) is 9.49. The van der Waals surface area contributed by atoms with E-state index in [4.69, 9.17) is 9.47 Å². The van der Waals surface area contributed by atoms with Crippen LogP contribution in [0, 0.1) is 5.92 Å². The molecule has 0 saturated carbocycles. The molecule has 0 aromatic carbocycles. The van der Waals surface area contributed by atoms with Gasteiger partial charge in [-0.15, -0.1) is 0 Å². The summed E-state index contributed by atoms with van der Waals surface area (Å²) in [5, 5.41) is 0.941. The molecule has 0 unspecified atom stereocenters. The second-order valence-corrected chi connectivity index (χ2v) is 3.61. The third-order valence-corrected chi connectivity index (χ3v) is 2.24. The van der Waals surface area contributed by atoms with Crippen molar-refractivity contribution in [2.75, 3.05) is 31.8 Å².